The van der Waals surface area contributed by atoms with Crippen molar-refractivity contribution in [1.82, 2.24) is 9.80 Å². The van der Waals surface area contributed by atoms with Crippen LogP contribution in [0.25, 0.3) is 0 Å². The van der Waals surface area contributed by atoms with Crippen LogP contribution in [0.5, 0.6) is 0 Å². The maximum atomic E-state index is 2.71. The van der Waals surface area contributed by atoms with E-state index in [1.807, 2.05) is 0 Å². The maximum absolute atomic E-state index is 2.71. The second-order valence-corrected chi connectivity index (χ2v) is 6.90. The van der Waals surface area contributed by atoms with Gasteiger partial charge in [-0.3, -0.25) is 4.90 Å². The van der Waals surface area contributed by atoms with Gasteiger partial charge in [0.05, 0.1) is 0 Å². The van der Waals surface area contributed by atoms with Gasteiger partial charge in [0.1, 0.15) is 0 Å². The topological polar surface area (TPSA) is 6.48 Å². The summed E-state index contributed by atoms with van der Waals surface area (Å²) in [6.45, 7) is 8.27. The van der Waals surface area contributed by atoms with Gasteiger partial charge >= 0.3 is 0 Å². The van der Waals surface area contributed by atoms with E-state index >= 15 is 0 Å². The van der Waals surface area contributed by atoms with E-state index in [4.69, 9.17) is 0 Å². The number of fused-ring (bicyclic) bond motifs is 3. The minimum atomic E-state index is 0. The molecule has 2 atom stereocenters. The number of benzene rings is 2. The van der Waals surface area contributed by atoms with E-state index in [9.17, 15) is 0 Å². The zero-order valence-electron chi connectivity index (χ0n) is 14.8. The summed E-state index contributed by atoms with van der Waals surface area (Å²) in [6, 6.07) is 20.7. The van der Waals surface area contributed by atoms with E-state index < -0.39 is 0 Å². The Labute approximate surface area is 164 Å². The van der Waals surface area contributed by atoms with Crippen molar-refractivity contribution in [2.75, 3.05) is 32.7 Å². The summed E-state index contributed by atoms with van der Waals surface area (Å²) in [6.07, 6.45) is 1.25. The average Bonchev–Trinajstić information content (AvgIpc) is 2.62. The summed E-state index contributed by atoms with van der Waals surface area (Å²) in [5, 5.41) is 0. The third-order valence-electron chi connectivity index (χ3n) is 5.46. The van der Waals surface area contributed by atoms with Crippen molar-refractivity contribution in [2.45, 2.75) is 25.3 Å². The van der Waals surface area contributed by atoms with Crippen molar-refractivity contribution < 1.29 is 0 Å². The first-order valence-corrected chi connectivity index (χ1v) is 8.97. The highest BCUT2D eigenvalue weighted by Crippen LogP contribution is 2.40. The molecule has 0 spiro atoms. The summed E-state index contributed by atoms with van der Waals surface area (Å²) in [7, 11) is 0. The molecule has 2 aliphatic heterocycles. The van der Waals surface area contributed by atoms with Gasteiger partial charge < -0.3 is 4.90 Å². The highest BCUT2D eigenvalue weighted by Gasteiger charge is 2.36. The molecule has 136 valence electrons. The number of piperazine rings is 1. The fraction of sp³-hybridized carbons (Fsp3) is 0.429. The van der Waals surface area contributed by atoms with Crippen LogP contribution in [-0.4, -0.2) is 42.5 Å². The lowest BCUT2D eigenvalue weighted by Gasteiger charge is -2.47. The monoisotopic (exact) mass is 378 g/mol. The Hall–Kier alpha value is -1.06. The Morgan fingerprint density at radius 1 is 0.840 bits per heavy atom. The number of hydrogen-bond donors (Lipinski definition) is 0. The van der Waals surface area contributed by atoms with Gasteiger partial charge in [-0.05, 0) is 29.7 Å². The normalized spacial score (nSPS) is 22.9. The third kappa shape index (κ3) is 4.03. The van der Waals surface area contributed by atoms with Gasteiger partial charge in [-0.2, -0.15) is 0 Å². The molecule has 25 heavy (non-hydrogen) atoms. The lowest BCUT2D eigenvalue weighted by Crippen LogP contribution is -2.51. The Kier molecular flexibility index (Phi) is 7.33. The van der Waals surface area contributed by atoms with Crippen LogP contribution in [0, 0.1) is 0 Å². The highest BCUT2D eigenvalue weighted by atomic mass is 35.5. The summed E-state index contributed by atoms with van der Waals surface area (Å²) in [5.41, 5.74) is 4.54. The number of nitrogens with zero attached hydrogens (tertiary/aromatic N) is 2. The first-order chi connectivity index (χ1) is 11.4. The average molecular weight is 379 g/mol. The summed E-state index contributed by atoms with van der Waals surface area (Å²) < 4.78 is 0. The number of hydrogen-bond acceptors (Lipinski definition) is 2. The number of rotatable bonds is 3. The quantitative estimate of drug-likeness (QED) is 0.760. The molecule has 1 saturated heterocycles. The van der Waals surface area contributed by atoms with Crippen molar-refractivity contribution in [3.63, 3.8) is 0 Å². The first kappa shape index (κ1) is 20.3. The molecular formula is C21H28Cl2N2. The van der Waals surface area contributed by atoms with Crippen molar-refractivity contribution in [3.8, 4) is 0 Å². The summed E-state index contributed by atoms with van der Waals surface area (Å²) in [4.78, 5) is 5.35. The van der Waals surface area contributed by atoms with Gasteiger partial charge in [0.25, 0.3) is 0 Å². The van der Waals surface area contributed by atoms with Gasteiger partial charge in [-0.25, -0.2) is 0 Å². The van der Waals surface area contributed by atoms with Crippen molar-refractivity contribution in [3.05, 3.63) is 71.3 Å². The Bertz CT molecular complexity index is 662. The van der Waals surface area contributed by atoms with Gasteiger partial charge in [0, 0.05) is 38.1 Å². The molecule has 0 aromatic heterocycles. The van der Waals surface area contributed by atoms with Crippen LogP contribution < -0.4 is 0 Å². The van der Waals surface area contributed by atoms with Gasteiger partial charge in [0.15, 0.2) is 0 Å². The molecule has 0 bridgehead atoms. The van der Waals surface area contributed by atoms with Crippen molar-refractivity contribution in [1.29, 1.82) is 0 Å². The Balaban J connectivity index is 0.00000113. The fourth-order valence-corrected chi connectivity index (χ4v) is 4.34. The molecule has 0 N–H and O–H groups in total. The molecule has 0 amide bonds. The molecule has 0 unspecified atom stereocenters. The zero-order valence-corrected chi connectivity index (χ0v) is 16.4. The van der Waals surface area contributed by atoms with Crippen LogP contribution in [0.3, 0.4) is 0 Å². The van der Waals surface area contributed by atoms with E-state index in [0.717, 1.165) is 6.54 Å². The molecule has 4 heteroatoms. The van der Waals surface area contributed by atoms with Crippen LogP contribution in [0.2, 0.25) is 0 Å². The van der Waals surface area contributed by atoms with Crippen LogP contribution in [0.15, 0.2) is 54.6 Å². The van der Waals surface area contributed by atoms with Crippen molar-refractivity contribution in [2.24, 2.45) is 0 Å². The van der Waals surface area contributed by atoms with Gasteiger partial charge in [0.2, 0.25) is 0 Å². The lowest BCUT2D eigenvalue weighted by atomic mass is 9.80. The van der Waals surface area contributed by atoms with Crippen LogP contribution in [-0.2, 0) is 0 Å². The predicted molar refractivity (Wildman–Crippen MR) is 110 cm³/mol. The summed E-state index contributed by atoms with van der Waals surface area (Å²) in [5.74, 6) is 0.515. The van der Waals surface area contributed by atoms with E-state index in [1.165, 1.54) is 38.2 Å². The molecule has 2 aromatic carbocycles. The zero-order chi connectivity index (χ0) is 15.6. The molecule has 0 saturated carbocycles. The molecule has 2 aromatic rings. The minimum absolute atomic E-state index is 0. The standard InChI is InChI=1S/C21H26N2.2ClH/c1-2-12-22-13-14-23-15-20(17-8-4-3-5-9-17)18-10-6-7-11-19(18)21(23)16-22;;/h3-11,20-21H,2,12-16H2,1H3;2*1H/t20-,21-;;/m1../s1. The molecule has 4 rings (SSSR count). The second kappa shape index (κ2) is 9.05. The maximum Gasteiger partial charge on any atom is 0.0479 e. The minimum Gasteiger partial charge on any atom is -0.300 e. The smallest absolute Gasteiger partial charge is 0.0479 e. The first-order valence-electron chi connectivity index (χ1n) is 8.97. The van der Waals surface area contributed by atoms with E-state index in [2.05, 4.69) is 71.3 Å². The van der Waals surface area contributed by atoms with Crippen molar-refractivity contribution >= 4 is 24.8 Å². The molecular weight excluding hydrogens is 351 g/mol. The molecule has 0 aliphatic carbocycles. The lowest BCUT2D eigenvalue weighted by molar-refractivity contribution is 0.0628. The van der Waals surface area contributed by atoms with E-state index in [1.54, 1.807) is 11.1 Å². The Morgan fingerprint density at radius 3 is 2.24 bits per heavy atom. The third-order valence-corrected chi connectivity index (χ3v) is 5.46. The molecule has 2 aliphatic rings. The summed E-state index contributed by atoms with van der Waals surface area (Å²) >= 11 is 0. The van der Waals surface area contributed by atoms with Crippen LogP contribution in [0.1, 0.15) is 42.0 Å². The predicted octanol–water partition coefficient (Wildman–Crippen LogP) is 4.74. The van der Waals surface area contributed by atoms with Crippen LogP contribution >= 0.6 is 24.8 Å². The van der Waals surface area contributed by atoms with Gasteiger partial charge in [-0.15, -0.1) is 24.8 Å². The highest BCUT2D eigenvalue weighted by molar-refractivity contribution is 5.85. The Morgan fingerprint density at radius 2 is 1.52 bits per heavy atom. The number of halogens is 2. The fourth-order valence-electron chi connectivity index (χ4n) is 4.34. The molecule has 2 heterocycles. The largest absolute Gasteiger partial charge is 0.300 e. The SMILES string of the molecule is CCCN1CCN2C[C@H](c3ccccc3)c3ccccc3[C@H]2C1.Cl.Cl. The van der Waals surface area contributed by atoms with Crippen LogP contribution in [0.4, 0.5) is 0 Å². The molecule has 2 nitrogen and oxygen atoms in total. The van der Waals surface area contributed by atoms with E-state index in [0.29, 0.717) is 12.0 Å². The molecule has 0 radical (unpaired) electrons. The molecule has 1 fully saturated rings. The second-order valence-electron chi connectivity index (χ2n) is 6.90. The van der Waals surface area contributed by atoms with Gasteiger partial charge in [-0.1, -0.05) is 61.5 Å². The van der Waals surface area contributed by atoms with E-state index in [-0.39, 0.29) is 24.8 Å².